The normalized spacial score (nSPS) is 19.2. The Bertz CT molecular complexity index is 1900. The molecule has 0 aromatic heterocycles. The number of hydrogen-bond donors (Lipinski definition) is 2. The molecule has 0 unspecified atom stereocenters. The van der Waals surface area contributed by atoms with Gasteiger partial charge in [-0.2, -0.15) is 0 Å². The summed E-state index contributed by atoms with van der Waals surface area (Å²) in [6, 6.07) is 19.3. The van der Waals surface area contributed by atoms with Crippen LogP contribution in [-0.4, -0.2) is 65.9 Å². The largest absolute Gasteiger partial charge is 0.475 e. The highest BCUT2D eigenvalue weighted by Gasteiger charge is 2.41. The van der Waals surface area contributed by atoms with E-state index in [0.717, 1.165) is 34.3 Å². The predicted molar refractivity (Wildman–Crippen MR) is 204 cm³/mol. The number of aliphatic hydroxyl groups excluding tert-OH is 1. The van der Waals surface area contributed by atoms with Gasteiger partial charge in [-0.25, -0.2) is 9.56 Å². The molecule has 0 aliphatic carbocycles. The first-order chi connectivity index (χ1) is 25.9. The van der Waals surface area contributed by atoms with Crippen LogP contribution in [0, 0.1) is 0 Å². The molecule has 3 aliphatic rings. The van der Waals surface area contributed by atoms with Crippen molar-refractivity contribution in [3.05, 3.63) is 101 Å². The van der Waals surface area contributed by atoms with Crippen molar-refractivity contribution < 1.29 is 47.0 Å². The van der Waals surface area contributed by atoms with Gasteiger partial charge in [0.15, 0.2) is 0 Å². The minimum absolute atomic E-state index is 0.160. The van der Waals surface area contributed by atoms with Gasteiger partial charge < -0.3 is 34.4 Å². The van der Waals surface area contributed by atoms with Crippen LogP contribution in [0.5, 0.6) is 11.5 Å². The number of amidine groups is 1. The number of thioether (sulfide) groups is 1. The van der Waals surface area contributed by atoms with Gasteiger partial charge in [-0.1, -0.05) is 42.6 Å². The highest BCUT2D eigenvalue weighted by atomic mass is 32.2. The number of fused-ring (bicyclic) bond motifs is 2. The smallest absolute Gasteiger partial charge is 0.427 e. The molecule has 0 saturated carbocycles. The van der Waals surface area contributed by atoms with E-state index in [-0.39, 0.29) is 26.2 Å². The van der Waals surface area contributed by atoms with Crippen LogP contribution in [0.4, 0.5) is 11.4 Å². The molecule has 0 radical (unpaired) electrons. The highest BCUT2D eigenvalue weighted by molar-refractivity contribution is 8.04. The average molecular weight is 779 g/mol. The van der Waals surface area contributed by atoms with Gasteiger partial charge in [0.25, 0.3) is 0 Å². The summed E-state index contributed by atoms with van der Waals surface area (Å²) >= 11 is 1.58. The molecule has 14 nitrogen and oxygen atoms in total. The molecule has 6 rings (SSSR count). The monoisotopic (exact) mass is 778 g/mol. The van der Waals surface area contributed by atoms with Crippen LogP contribution in [0.1, 0.15) is 45.2 Å². The topological polar surface area (TPSA) is 158 Å². The Morgan fingerprint density at radius 3 is 2.11 bits per heavy atom. The molecule has 1 saturated heterocycles. The number of anilines is 2. The molecular weight excluding hydrogens is 735 g/mol. The summed E-state index contributed by atoms with van der Waals surface area (Å²) in [6.07, 6.45) is -0.369. The van der Waals surface area contributed by atoms with Gasteiger partial charge in [0.2, 0.25) is 0 Å². The lowest BCUT2D eigenvalue weighted by Crippen LogP contribution is -2.35. The number of rotatable bonds is 15. The standard InChI is InChI=1S/C38H43N4O10PS/c1-6-41(7-2)29-12-17-35-32(18-29)40-38-36(54-35)20-42(24(3)39-38)37-19-33(45)34(52-37)23-49-53(46,47-21-27-8-13-30(14-9-27)50-25(4)43)48-22-28-10-15-31(16-11-28)51-26(5)44/h8-18,20,33-34,37,45H,3,6-7,19,21-23H2,1-2,4-5H3,(H,39,40)/t33-,34-,37-/m1/s1. The van der Waals surface area contributed by atoms with Gasteiger partial charge in [-0.15, -0.1) is 0 Å². The third kappa shape index (κ3) is 9.79. The lowest BCUT2D eigenvalue weighted by Gasteiger charge is -2.34. The van der Waals surface area contributed by atoms with Crippen molar-refractivity contribution >= 4 is 48.7 Å². The lowest BCUT2D eigenvalue weighted by molar-refractivity contribution is -0.132. The first kappa shape index (κ1) is 39.2. The molecule has 0 spiro atoms. The van der Waals surface area contributed by atoms with Gasteiger partial charge in [-0.05, 0) is 67.4 Å². The van der Waals surface area contributed by atoms with Crippen molar-refractivity contribution in [1.82, 2.24) is 4.90 Å². The Morgan fingerprint density at radius 1 is 0.963 bits per heavy atom. The number of hydrogen-bond acceptors (Lipinski definition) is 15. The Balaban J connectivity index is 1.11. The fourth-order valence-electron chi connectivity index (χ4n) is 5.91. The van der Waals surface area contributed by atoms with E-state index in [9.17, 15) is 19.3 Å². The van der Waals surface area contributed by atoms with Gasteiger partial charge in [-0.3, -0.25) is 23.2 Å². The molecule has 3 aromatic carbocycles. The lowest BCUT2D eigenvalue weighted by atomic mass is 10.2. The number of ether oxygens (including phenoxy) is 3. The number of phosphoric acid groups is 1. The van der Waals surface area contributed by atoms with Gasteiger partial charge in [0, 0.05) is 50.1 Å². The van der Waals surface area contributed by atoms with E-state index in [1.165, 1.54) is 13.8 Å². The van der Waals surface area contributed by atoms with Crippen molar-refractivity contribution in [2.75, 3.05) is 29.9 Å². The molecule has 54 heavy (non-hydrogen) atoms. The number of benzene rings is 3. The second-order valence-electron chi connectivity index (χ2n) is 12.6. The van der Waals surface area contributed by atoms with Crippen LogP contribution in [0.25, 0.3) is 0 Å². The fraction of sp³-hybridized carbons (Fsp3) is 0.342. The predicted octanol–water partition coefficient (Wildman–Crippen LogP) is 6.96. The van der Waals surface area contributed by atoms with Crippen LogP contribution in [0.3, 0.4) is 0 Å². The van der Waals surface area contributed by atoms with E-state index >= 15 is 0 Å². The minimum atomic E-state index is -4.27. The summed E-state index contributed by atoms with van der Waals surface area (Å²) in [5, 5.41) is 14.5. The zero-order chi connectivity index (χ0) is 38.4. The van der Waals surface area contributed by atoms with Crippen LogP contribution < -0.4 is 19.7 Å². The molecule has 3 aromatic rings. The van der Waals surface area contributed by atoms with Crippen LogP contribution in [0.2, 0.25) is 0 Å². The van der Waals surface area contributed by atoms with E-state index in [4.69, 9.17) is 32.8 Å². The zero-order valence-corrected chi connectivity index (χ0v) is 32.1. The fourth-order valence-corrected chi connectivity index (χ4v) is 8.03. The quantitative estimate of drug-likeness (QED) is 0.0927. The number of nitrogens with one attached hydrogen (secondary N) is 1. The zero-order valence-electron chi connectivity index (χ0n) is 30.4. The first-order valence-electron chi connectivity index (χ1n) is 17.5. The molecule has 3 heterocycles. The summed E-state index contributed by atoms with van der Waals surface area (Å²) in [7, 11) is -4.27. The number of aliphatic imine (C=N–C) groups is 1. The van der Waals surface area contributed by atoms with E-state index < -0.39 is 38.2 Å². The number of carbonyl (C=O) groups excluding carboxylic acids is 2. The molecule has 286 valence electrons. The summed E-state index contributed by atoms with van der Waals surface area (Å²) in [4.78, 5) is 33.3. The Kier molecular flexibility index (Phi) is 12.6. The SMILES string of the molecule is C=C1N=C2Nc3cc(N(CC)CC)ccc3SC2=CN1[C@H]1C[C@@H](O)[C@@H](COP(=O)(OCc2ccc(OC(C)=O)cc2)OCc2ccc(OC(C)=O)cc2)O1. The molecule has 1 fully saturated rings. The van der Waals surface area contributed by atoms with Crippen molar-refractivity contribution in [2.24, 2.45) is 4.99 Å². The first-order valence-corrected chi connectivity index (χ1v) is 19.7. The Morgan fingerprint density at radius 2 is 1.56 bits per heavy atom. The number of nitrogens with zero attached hydrogens (tertiary/aromatic N) is 3. The van der Waals surface area contributed by atoms with Gasteiger partial charge >= 0.3 is 19.8 Å². The second-order valence-corrected chi connectivity index (χ2v) is 15.3. The van der Waals surface area contributed by atoms with Gasteiger partial charge in [0.05, 0.1) is 36.5 Å². The molecule has 0 amide bonds. The molecule has 3 atom stereocenters. The summed E-state index contributed by atoms with van der Waals surface area (Å²) in [5.74, 6) is 0.902. The number of esters is 2. The van der Waals surface area contributed by atoms with Crippen molar-refractivity contribution in [3.8, 4) is 11.5 Å². The maximum Gasteiger partial charge on any atom is 0.475 e. The van der Waals surface area contributed by atoms with Crippen molar-refractivity contribution in [2.45, 2.75) is 70.7 Å². The maximum atomic E-state index is 14.0. The maximum absolute atomic E-state index is 14.0. The molecular formula is C38H43N4O10PS. The molecule has 2 N–H and O–H groups in total. The van der Waals surface area contributed by atoms with Gasteiger partial charge in [0.1, 0.15) is 35.5 Å². The third-order valence-corrected chi connectivity index (χ3v) is 11.1. The summed E-state index contributed by atoms with van der Waals surface area (Å²) < 4.78 is 47.7. The Hall–Kier alpha value is -4.47. The molecule has 0 bridgehead atoms. The summed E-state index contributed by atoms with van der Waals surface area (Å²) in [6.45, 7) is 12.2. The Labute approximate surface area is 318 Å². The second kappa shape index (κ2) is 17.3. The highest BCUT2D eigenvalue weighted by Crippen LogP contribution is 2.52. The van der Waals surface area contributed by atoms with Crippen LogP contribution in [-0.2, 0) is 45.7 Å². The average Bonchev–Trinajstić information content (AvgIpc) is 3.52. The van der Waals surface area contributed by atoms with Crippen molar-refractivity contribution in [1.29, 1.82) is 0 Å². The van der Waals surface area contributed by atoms with E-state index in [1.54, 1.807) is 65.2 Å². The van der Waals surface area contributed by atoms with Crippen molar-refractivity contribution in [3.63, 3.8) is 0 Å². The summed E-state index contributed by atoms with van der Waals surface area (Å²) in [5.41, 5.74) is 3.32. The van der Waals surface area contributed by atoms with Crippen LogP contribution in [0.15, 0.2) is 100 Å². The number of phosphoric ester groups is 1. The number of aliphatic hydroxyl groups is 1. The number of carbonyl (C=O) groups is 2. The van der Waals surface area contributed by atoms with Crippen LogP contribution >= 0.6 is 19.6 Å². The van der Waals surface area contributed by atoms with E-state index in [2.05, 4.69) is 48.8 Å². The molecule has 16 heteroatoms. The molecule has 3 aliphatic heterocycles. The van der Waals surface area contributed by atoms with E-state index in [1.807, 2.05) is 6.20 Å². The minimum Gasteiger partial charge on any atom is -0.427 e. The van der Waals surface area contributed by atoms with E-state index in [0.29, 0.717) is 34.3 Å². The third-order valence-electron chi connectivity index (χ3n) is 8.65.